The SMILES string of the molecule is Cc1ccc([S@@](=O)N2[C@H](C3CC3)[C@@H]2C=O)cc1. The molecule has 4 atom stereocenters. The van der Waals surface area contributed by atoms with Crippen LogP contribution in [0.1, 0.15) is 18.4 Å². The summed E-state index contributed by atoms with van der Waals surface area (Å²) in [6.45, 7) is 2.01. The third-order valence-electron chi connectivity index (χ3n) is 3.51. The van der Waals surface area contributed by atoms with E-state index in [1.807, 2.05) is 35.5 Å². The number of hydrogen-bond donors (Lipinski definition) is 0. The molecule has 3 rings (SSSR count). The van der Waals surface area contributed by atoms with Gasteiger partial charge >= 0.3 is 0 Å². The molecule has 0 bridgehead atoms. The summed E-state index contributed by atoms with van der Waals surface area (Å²) in [5.41, 5.74) is 1.15. The average molecular weight is 249 g/mol. The molecule has 4 heteroatoms. The molecule has 0 spiro atoms. The predicted octanol–water partition coefficient (Wildman–Crippen LogP) is 1.68. The molecule has 1 aromatic rings. The van der Waals surface area contributed by atoms with Gasteiger partial charge in [0.2, 0.25) is 0 Å². The van der Waals surface area contributed by atoms with E-state index in [0.717, 1.165) is 16.7 Å². The molecule has 1 heterocycles. The monoisotopic (exact) mass is 249 g/mol. The lowest BCUT2D eigenvalue weighted by molar-refractivity contribution is -0.107. The zero-order chi connectivity index (χ0) is 12.0. The highest BCUT2D eigenvalue weighted by atomic mass is 32.2. The van der Waals surface area contributed by atoms with Gasteiger partial charge in [-0.2, -0.15) is 0 Å². The van der Waals surface area contributed by atoms with Gasteiger partial charge in [0.05, 0.1) is 10.9 Å². The average Bonchev–Trinajstić information content (AvgIpc) is 3.21. The molecule has 1 aromatic carbocycles. The lowest BCUT2D eigenvalue weighted by atomic mass is 10.2. The second kappa shape index (κ2) is 4.03. The van der Waals surface area contributed by atoms with E-state index >= 15 is 0 Å². The Morgan fingerprint density at radius 3 is 2.47 bits per heavy atom. The van der Waals surface area contributed by atoms with Crippen LogP contribution >= 0.6 is 0 Å². The van der Waals surface area contributed by atoms with E-state index in [-0.39, 0.29) is 12.1 Å². The van der Waals surface area contributed by atoms with E-state index in [4.69, 9.17) is 0 Å². The van der Waals surface area contributed by atoms with Gasteiger partial charge in [0.25, 0.3) is 0 Å². The Kier molecular flexibility index (Phi) is 2.64. The van der Waals surface area contributed by atoms with Crippen molar-refractivity contribution in [1.29, 1.82) is 0 Å². The molecule has 0 amide bonds. The van der Waals surface area contributed by atoms with Crippen LogP contribution in [0, 0.1) is 12.8 Å². The number of rotatable bonds is 4. The Balaban J connectivity index is 1.78. The van der Waals surface area contributed by atoms with Crippen molar-refractivity contribution < 1.29 is 9.00 Å². The van der Waals surface area contributed by atoms with Gasteiger partial charge in [0.1, 0.15) is 17.3 Å². The molecule has 0 N–H and O–H groups in total. The van der Waals surface area contributed by atoms with Crippen molar-refractivity contribution in [3.63, 3.8) is 0 Å². The number of carbonyl (C=O) groups is 1. The number of nitrogens with zero attached hydrogens (tertiary/aromatic N) is 1. The highest BCUT2D eigenvalue weighted by Crippen LogP contribution is 2.47. The molecule has 1 saturated heterocycles. The van der Waals surface area contributed by atoms with Crippen LogP contribution in [0.15, 0.2) is 29.2 Å². The number of aldehydes is 1. The highest BCUT2D eigenvalue weighted by molar-refractivity contribution is 7.83. The van der Waals surface area contributed by atoms with Crippen molar-refractivity contribution >= 4 is 17.3 Å². The van der Waals surface area contributed by atoms with Crippen LogP contribution < -0.4 is 0 Å². The topological polar surface area (TPSA) is 37.1 Å². The molecule has 17 heavy (non-hydrogen) atoms. The summed E-state index contributed by atoms with van der Waals surface area (Å²) in [4.78, 5) is 11.7. The molecule has 1 unspecified atom stereocenters. The van der Waals surface area contributed by atoms with Crippen LogP contribution in [0.3, 0.4) is 0 Å². The van der Waals surface area contributed by atoms with Crippen molar-refractivity contribution in [2.75, 3.05) is 0 Å². The first-order chi connectivity index (χ1) is 8.22. The van der Waals surface area contributed by atoms with Gasteiger partial charge in [0.15, 0.2) is 0 Å². The molecule has 0 aromatic heterocycles. The quantitative estimate of drug-likeness (QED) is 0.601. The minimum atomic E-state index is -1.17. The summed E-state index contributed by atoms with van der Waals surface area (Å²) >= 11 is 0. The maximum absolute atomic E-state index is 12.3. The fraction of sp³-hybridized carbons (Fsp3) is 0.462. The smallest absolute Gasteiger partial charge is 0.139 e. The van der Waals surface area contributed by atoms with Gasteiger partial charge in [-0.3, -0.25) is 0 Å². The summed E-state index contributed by atoms with van der Waals surface area (Å²) in [7, 11) is -1.17. The van der Waals surface area contributed by atoms with Crippen LogP contribution in [0.2, 0.25) is 0 Å². The van der Waals surface area contributed by atoms with Crippen molar-refractivity contribution in [3.05, 3.63) is 29.8 Å². The third-order valence-corrected chi connectivity index (χ3v) is 5.05. The van der Waals surface area contributed by atoms with Crippen molar-refractivity contribution in [2.24, 2.45) is 5.92 Å². The zero-order valence-electron chi connectivity index (χ0n) is 9.70. The van der Waals surface area contributed by atoms with Gasteiger partial charge in [-0.05, 0) is 37.8 Å². The molecule has 90 valence electrons. The Labute approximate surface area is 103 Å². The van der Waals surface area contributed by atoms with E-state index in [1.54, 1.807) is 0 Å². The number of hydrogen-bond acceptors (Lipinski definition) is 2. The largest absolute Gasteiger partial charge is 0.302 e. The maximum Gasteiger partial charge on any atom is 0.139 e. The number of carbonyl (C=O) groups excluding carboxylic acids is 1. The van der Waals surface area contributed by atoms with E-state index in [9.17, 15) is 9.00 Å². The van der Waals surface area contributed by atoms with E-state index in [0.29, 0.717) is 5.92 Å². The van der Waals surface area contributed by atoms with Gasteiger partial charge in [-0.1, -0.05) is 17.7 Å². The minimum absolute atomic E-state index is 0.121. The Bertz CT molecular complexity index is 467. The van der Waals surface area contributed by atoms with Gasteiger partial charge in [0, 0.05) is 6.04 Å². The first-order valence-corrected chi connectivity index (χ1v) is 7.05. The second-order valence-corrected chi connectivity index (χ2v) is 6.27. The molecule has 1 aliphatic heterocycles. The molecule has 0 radical (unpaired) electrons. The molecular weight excluding hydrogens is 234 g/mol. The summed E-state index contributed by atoms with van der Waals surface area (Å²) in [5.74, 6) is 0.597. The van der Waals surface area contributed by atoms with E-state index in [1.165, 1.54) is 12.8 Å². The van der Waals surface area contributed by atoms with Gasteiger partial charge in [-0.15, -0.1) is 0 Å². The van der Waals surface area contributed by atoms with Gasteiger partial charge < -0.3 is 4.79 Å². The fourth-order valence-electron chi connectivity index (χ4n) is 2.31. The van der Waals surface area contributed by atoms with Crippen LogP contribution in [0.25, 0.3) is 0 Å². The summed E-state index contributed by atoms with van der Waals surface area (Å²) in [6, 6.07) is 7.79. The lowest BCUT2D eigenvalue weighted by Crippen LogP contribution is -2.09. The fourth-order valence-corrected chi connectivity index (χ4v) is 3.78. The second-order valence-electron chi connectivity index (χ2n) is 4.88. The lowest BCUT2D eigenvalue weighted by Gasteiger charge is -2.03. The molecule has 1 aliphatic carbocycles. The first kappa shape index (κ1) is 11.1. The third kappa shape index (κ3) is 1.96. The molecule has 2 fully saturated rings. The van der Waals surface area contributed by atoms with Crippen molar-refractivity contribution in [1.82, 2.24) is 4.31 Å². The standard InChI is InChI=1S/C13H15NO2S/c1-9-2-6-11(7-3-9)17(16)14-12(8-15)13(14)10-4-5-10/h2-3,6-8,10,12-13H,4-5H2,1H3/t12-,13+,14?,17+/m0/s1. The molecule has 2 aliphatic rings. The molecular formula is C13H15NO2S. The highest BCUT2D eigenvalue weighted by Gasteiger charge is 2.58. The van der Waals surface area contributed by atoms with Crippen LogP contribution in [0.4, 0.5) is 0 Å². The zero-order valence-corrected chi connectivity index (χ0v) is 10.5. The van der Waals surface area contributed by atoms with E-state index < -0.39 is 11.0 Å². The van der Waals surface area contributed by atoms with Crippen LogP contribution in [0.5, 0.6) is 0 Å². The maximum atomic E-state index is 12.3. The van der Waals surface area contributed by atoms with Crippen molar-refractivity contribution in [3.8, 4) is 0 Å². The summed E-state index contributed by atoms with van der Waals surface area (Å²) < 4.78 is 14.2. The summed E-state index contributed by atoms with van der Waals surface area (Å²) in [6.07, 6.45) is 3.29. The van der Waals surface area contributed by atoms with Crippen molar-refractivity contribution in [2.45, 2.75) is 36.7 Å². The van der Waals surface area contributed by atoms with E-state index in [2.05, 4.69) is 0 Å². The number of aryl methyl sites for hydroxylation is 1. The Morgan fingerprint density at radius 1 is 1.29 bits per heavy atom. The molecule has 1 saturated carbocycles. The van der Waals surface area contributed by atoms with Crippen LogP contribution in [-0.2, 0) is 15.8 Å². The summed E-state index contributed by atoms with van der Waals surface area (Å²) in [5, 5.41) is 0. The molecule has 3 nitrogen and oxygen atoms in total. The number of benzene rings is 1. The Hall–Kier alpha value is -1.00. The van der Waals surface area contributed by atoms with Gasteiger partial charge in [-0.25, -0.2) is 8.51 Å². The predicted molar refractivity (Wildman–Crippen MR) is 65.8 cm³/mol. The van der Waals surface area contributed by atoms with Crippen LogP contribution in [-0.4, -0.2) is 26.9 Å². The minimum Gasteiger partial charge on any atom is -0.302 e. The normalized spacial score (nSPS) is 33.1. The Morgan fingerprint density at radius 2 is 1.94 bits per heavy atom. The first-order valence-electron chi connectivity index (χ1n) is 5.94.